The predicted octanol–water partition coefficient (Wildman–Crippen LogP) is 6.26. The molecule has 3 N–H and O–H groups in total. The van der Waals surface area contributed by atoms with Crippen LogP contribution in [0.4, 0.5) is 4.79 Å². The van der Waals surface area contributed by atoms with Gasteiger partial charge in [-0.25, -0.2) is 4.79 Å². The number of carbonyl (C=O) groups is 1. The average Bonchev–Trinajstić information content (AvgIpc) is 2.76. The molecule has 0 heterocycles. The number of amides is 1. The average molecular weight is 526 g/mol. The molecule has 0 radical (unpaired) electrons. The SMILES string of the molecule is C=C[C@@H](OCOC)[C@@H](CC/C=C/C=C(\C)C[C@@H](O)[C@H](C)/C=C(\C)CO[Si](C)(C)C(C)(C)C)OC(N)=O. The zero-order chi connectivity index (χ0) is 27.9. The number of ether oxygens (including phenoxy) is 3. The van der Waals surface area contributed by atoms with Crippen molar-refractivity contribution in [2.45, 2.75) is 97.2 Å². The third kappa shape index (κ3) is 14.1. The summed E-state index contributed by atoms with van der Waals surface area (Å²) in [5, 5.41) is 10.9. The van der Waals surface area contributed by atoms with Gasteiger partial charge in [-0.15, -0.1) is 6.58 Å². The van der Waals surface area contributed by atoms with Crippen molar-refractivity contribution in [3.05, 3.63) is 48.1 Å². The van der Waals surface area contributed by atoms with E-state index in [1.807, 2.05) is 32.1 Å². The van der Waals surface area contributed by atoms with Crippen molar-refractivity contribution >= 4 is 14.4 Å². The Morgan fingerprint density at radius 3 is 2.36 bits per heavy atom. The molecule has 0 spiro atoms. The highest BCUT2D eigenvalue weighted by Crippen LogP contribution is 2.36. The molecule has 0 saturated heterocycles. The highest BCUT2D eigenvalue weighted by atomic mass is 28.4. The summed E-state index contributed by atoms with van der Waals surface area (Å²) in [4.78, 5) is 11.2. The Morgan fingerprint density at radius 2 is 1.83 bits per heavy atom. The molecule has 7 nitrogen and oxygen atoms in total. The van der Waals surface area contributed by atoms with Gasteiger partial charge in [0.15, 0.2) is 8.32 Å². The van der Waals surface area contributed by atoms with Gasteiger partial charge in [0, 0.05) is 13.0 Å². The van der Waals surface area contributed by atoms with Crippen LogP contribution in [-0.4, -0.2) is 58.3 Å². The Labute approximate surface area is 220 Å². The fourth-order valence-corrected chi connectivity index (χ4v) is 4.23. The maximum absolute atomic E-state index is 11.2. The van der Waals surface area contributed by atoms with Crippen LogP contribution in [0.15, 0.2) is 48.1 Å². The summed E-state index contributed by atoms with van der Waals surface area (Å²) >= 11 is 0. The van der Waals surface area contributed by atoms with Crippen molar-refractivity contribution in [2.24, 2.45) is 11.7 Å². The molecule has 4 atom stereocenters. The highest BCUT2D eigenvalue weighted by Gasteiger charge is 2.37. The van der Waals surface area contributed by atoms with Gasteiger partial charge in [-0.2, -0.15) is 0 Å². The summed E-state index contributed by atoms with van der Waals surface area (Å²) in [6.07, 6.45) is 8.95. The minimum atomic E-state index is -1.79. The molecule has 0 aromatic heterocycles. The molecule has 0 saturated carbocycles. The van der Waals surface area contributed by atoms with Crippen LogP contribution in [0.5, 0.6) is 0 Å². The Morgan fingerprint density at radius 1 is 1.19 bits per heavy atom. The van der Waals surface area contributed by atoms with Crippen LogP contribution in [0, 0.1) is 5.92 Å². The molecule has 0 aliphatic rings. The molecule has 0 aliphatic heterocycles. The number of hydrogen-bond acceptors (Lipinski definition) is 6. The fraction of sp³-hybridized carbons (Fsp3) is 0.679. The van der Waals surface area contributed by atoms with E-state index in [-0.39, 0.29) is 17.7 Å². The third-order valence-corrected chi connectivity index (χ3v) is 11.0. The summed E-state index contributed by atoms with van der Waals surface area (Å²) in [7, 11) is -0.277. The molecule has 0 bridgehead atoms. The zero-order valence-corrected chi connectivity index (χ0v) is 25.0. The standard InChI is InChI=1S/C28H51NO6Si/c1-11-25(33-20-32-8)26(35-27(29)31)16-14-12-13-15-21(2)18-24(30)23(4)17-22(3)19-34-36(9,10)28(5,6)7/h11-13,15,17,23-26,30H,1,14,16,18-20H2,2-10H3,(H2,29,31)/b13-12+,21-15+,22-17+/t23-,24-,25-,26-/m1/s1. The summed E-state index contributed by atoms with van der Waals surface area (Å²) in [6.45, 7) is 21.7. The van der Waals surface area contributed by atoms with Crippen LogP contribution in [0.1, 0.15) is 60.8 Å². The second-order valence-electron chi connectivity index (χ2n) is 11.0. The van der Waals surface area contributed by atoms with Gasteiger partial charge in [0.25, 0.3) is 0 Å². The fourth-order valence-electron chi connectivity index (χ4n) is 3.20. The van der Waals surface area contributed by atoms with Crippen LogP contribution in [-0.2, 0) is 18.6 Å². The number of primary amides is 1. The smallest absolute Gasteiger partial charge is 0.404 e. The largest absolute Gasteiger partial charge is 0.443 e. The summed E-state index contributed by atoms with van der Waals surface area (Å²) < 4.78 is 21.9. The molecule has 0 aromatic rings. The first-order chi connectivity index (χ1) is 16.6. The summed E-state index contributed by atoms with van der Waals surface area (Å²) in [6, 6.07) is 0. The van der Waals surface area contributed by atoms with E-state index < -0.39 is 32.7 Å². The van der Waals surface area contributed by atoms with Crippen LogP contribution < -0.4 is 5.73 Å². The maximum atomic E-state index is 11.2. The molecule has 0 rings (SSSR count). The maximum Gasteiger partial charge on any atom is 0.404 e. The van der Waals surface area contributed by atoms with Crippen molar-refractivity contribution in [1.29, 1.82) is 0 Å². The zero-order valence-electron chi connectivity index (χ0n) is 24.0. The van der Waals surface area contributed by atoms with E-state index in [1.165, 1.54) is 7.11 Å². The number of hydrogen-bond donors (Lipinski definition) is 2. The molecule has 0 fully saturated rings. The molecular weight excluding hydrogens is 474 g/mol. The number of rotatable bonds is 17. The van der Waals surface area contributed by atoms with Crippen molar-refractivity contribution in [3.63, 3.8) is 0 Å². The first-order valence-electron chi connectivity index (χ1n) is 12.6. The van der Waals surface area contributed by atoms with E-state index >= 15 is 0 Å². The number of aliphatic hydroxyl groups excluding tert-OH is 1. The van der Waals surface area contributed by atoms with Crippen molar-refractivity contribution in [2.75, 3.05) is 20.5 Å². The topological polar surface area (TPSA) is 100 Å². The van der Waals surface area contributed by atoms with Gasteiger partial charge in [0.1, 0.15) is 19.0 Å². The first kappa shape index (κ1) is 34.3. The lowest BCUT2D eigenvalue weighted by Crippen LogP contribution is -2.41. The molecular formula is C28H51NO6Si. The van der Waals surface area contributed by atoms with Gasteiger partial charge in [-0.1, -0.05) is 69.2 Å². The number of methoxy groups -OCH3 is 1. The van der Waals surface area contributed by atoms with Crippen LogP contribution in [0.2, 0.25) is 18.1 Å². The number of nitrogens with two attached hydrogens (primary N) is 1. The van der Waals surface area contributed by atoms with Gasteiger partial charge in [0.05, 0.1) is 12.7 Å². The summed E-state index contributed by atoms with van der Waals surface area (Å²) in [5.74, 6) is 0.0231. The Kier molecular flexibility index (Phi) is 16.1. The second kappa shape index (κ2) is 16.9. The molecule has 208 valence electrons. The van der Waals surface area contributed by atoms with E-state index in [1.54, 1.807) is 6.08 Å². The number of carbonyl (C=O) groups excluding carboxylic acids is 1. The lowest BCUT2D eigenvalue weighted by Gasteiger charge is -2.36. The minimum Gasteiger partial charge on any atom is -0.443 e. The van der Waals surface area contributed by atoms with E-state index in [9.17, 15) is 9.90 Å². The van der Waals surface area contributed by atoms with Gasteiger partial charge in [-0.3, -0.25) is 0 Å². The van der Waals surface area contributed by atoms with E-state index in [2.05, 4.69) is 53.4 Å². The minimum absolute atomic E-state index is 0.0231. The van der Waals surface area contributed by atoms with Gasteiger partial charge >= 0.3 is 6.09 Å². The quantitative estimate of drug-likeness (QED) is 0.101. The van der Waals surface area contributed by atoms with Crippen molar-refractivity contribution < 1.29 is 28.5 Å². The highest BCUT2D eigenvalue weighted by molar-refractivity contribution is 6.74. The Balaban J connectivity index is 4.79. The predicted molar refractivity (Wildman–Crippen MR) is 150 cm³/mol. The monoisotopic (exact) mass is 525 g/mol. The summed E-state index contributed by atoms with van der Waals surface area (Å²) in [5.41, 5.74) is 7.42. The van der Waals surface area contributed by atoms with Gasteiger partial charge in [0.2, 0.25) is 0 Å². The van der Waals surface area contributed by atoms with Gasteiger partial charge < -0.3 is 29.5 Å². The second-order valence-corrected chi connectivity index (χ2v) is 15.8. The molecule has 0 unspecified atom stereocenters. The first-order valence-corrected chi connectivity index (χ1v) is 15.6. The lowest BCUT2D eigenvalue weighted by atomic mass is 9.96. The Bertz CT molecular complexity index is 754. The van der Waals surface area contributed by atoms with Crippen LogP contribution in [0.25, 0.3) is 0 Å². The molecule has 0 aliphatic carbocycles. The van der Waals surface area contributed by atoms with Crippen molar-refractivity contribution in [1.82, 2.24) is 0 Å². The van der Waals surface area contributed by atoms with E-state index in [0.717, 1.165) is 11.1 Å². The molecule has 8 heteroatoms. The van der Waals surface area contributed by atoms with Crippen LogP contribution in [0.3, 0.4) is 0 Å². The van der Waals surface area contributed by atoms with E-state index in [0.29, 0.717) is 25.9 Å². The normalized spacial score (nSPS) is 17.1. The van der Waals surface area contributed by atoms with E-state index in [4.69, 9.17) is 24.4 Å². The molecule has 0 aromatic carbocycles. The lowest BCUT2D eigenvalue weighted by molar-refractivity contribution is -0.0951. The van der Waals surface area contributed by atoms with Gasteiger partial charge in [-0.05, 0) is 51.2 Å². The molecule has 36 heavy (non-hydrogen) atoms. The molecule has 1 amide bonds. The van der Waals surface area contributed by atoms with Crippen LogP contribution >= 0.6 is 0 Å². The van der Waals surface area contributed by atoms with Crippen molar-refractivity contribution in [3.8, 4) is 0 Å². The third-order valence-electron chi connectivity index (χ3n) is 6.53. The number of allylic oxidation sites excluding steroid dienone is 3. The number of aliphatic hydroxyl groups is 1. The Hall–Kier alpha value is -1.71.